The molecule has 1 N–H and O–H groups in total. The van der Waals surface area contributed by atoms with E-state index < -0.39 is 0 Å². The normalized spacial score (nSPS) is 24.6. The molecule has 22 heavy (non-hydrogen) atoms. The zero-order valence-corrected chi connectivity index (χ0v) is 14.6. The van der Waals surface area contributed by atoms with E-state index in [1.165, 1.54) is 57.9 Å². The van der Waals surface area contributed by atoms with Crippen molar-refractivity contribution in [3.63, 3.8) is 0 Å². The Hall–Kier alpha value is -0.320. The van der Waals surface area contributed by atoms with Crippen LogP contribution >= 0.6 is 12.4 Å². The van der Waals surface area contributed by atoms with Gasteiger partial charge in [0.05, 0.1) is 6.54 Å². The first-order valence-electron chi connectivity index (χ1n) is 9.05. The summed E-state index contributed by atoms with van der Waals surface area (Å²) in [4.78, 5) is 16.9. The van der Waals surface area contributed by atoms with Crippen LogP contribution in [-0.4, -0.2) is 61.0 Å². The molecule has 1 aliphatic carbocycles. The van der Waals surface area contributed by atoms with Crippen LogP contribution < -0.4 is 5.32 Å². The Morgan fingerprint density at radius 1 is 0.909 bits per heavy atom. The second kappa shape index (κ2) is 9.09. The number of piperidine rings is 1. The Labute approximate surface area is 141 Å². The molecule has 3 rings (SSSR count). The summed E-state index contributed by atoms with van der Waals surface area (Å²) >= 11 is 0. The topological polar surface area (TPSA) is 35.6 Å². The van der Waals surface area contributed by atoms with Gasteiger partial charge in [-0.25, -0.2) is 0 Å². The smallest absolute Gasteiger partial charge is 0.236 e. The van der Waals surface area contributed by atoms with Gasteiger partial charge in [-0.05, 0) is 51.0 Å². The average Bonchev–Trinajstić information content (AvgIpc) is 3.33. The SMILES string of the molecule is Cl.O=C(CN1CCC(NCC2CC2)CC1)N1CCCCCC1. The number of likely N-dealkylation sites (tertiary alicyclic amines) is 2. The highest BCUT2D eigenvalue weighted by molar-refractivity contribution is 5.85. The highest BCUT2D eigenvalue weighted by atomic mass is 35.5. The second-order valence-electron chi connectivity index (χ2n) is 7.20. The van der Waals surface area contributed by atoms with E-state index >= 15 is 0 Å². The number of nitrogens with zero attached hydrogens (tertiary/aromatic N) is 2. The van der Waals surface area contributed by atoms with Crippen LogP contribution in [0.2, 0.25) is 0 Å². The molecule has 128 valence electrons. The number of carbonyl (C=O) groups is 1. The molecule has 4 nitrogen and oxygen atoms in total. The van der Waals surface area contributed by atoms with Gasteiger partial charge in [0.25, 0.3) is 0 Å². The van der Waals surface area contributed by atoms with Crippen molar-refractivity contribution in [2.24, 2.45) is 5.92 Å². The Balaban J connectivity index is 0.00000176. The van der Waals surface area contributed by atoms with E-state index in [1.54, 1.807) is 0 Å². The van der Waals surface area contributed by atoms with Crippen molar-refractivity contribution in [1.29, 1.82) is 0 Å². The summed E-state index contributed by atoms with van der Waals surface area (Å²) in [5, 5.41) is 3.71. The average molecular weight is 330 g/mol. The van der Waals surface area contributed by atoms with Gasteiger partial charge in [0.15, 0.2) is 0 Å². The van der Waals surface area contributed by atoms with E-state index in [0.717, 1.165) is 32.1 Å². The maximum atomic E-state index is 12.4. The molecule has 1 saturated carbocycles. The first-order valence-corrected chi connectivity index (χ1v) is 9.05. The fourth-order valence-corrected chi connectivity index (χ4v) is 3.56. The minimum Gasteiger partial charge on any atom is -0.342 e. The monoisotopic (exact) mass is 329 g/mol. The first-order chi connectivity index (χ1) is 10.3. The Morgan fingerprint density at radius 2 is 1.55 bits per heavy atom. The minimum atomic E-state index is 0. The van der Waals surface area contributed by atoms with Gasteiger partial charge in [-0.3, -0.25) is 9.69 Å². The molecule has 0 atom stereocenters. The van der Waals surface area contributed by atoms with Crippen molar-refractivity contribution >= 4 is 18.3 Å². The number of amides is 1. The molecular weight excluding hydrogens is 298 g/mol. The van der Waals surface area contributed by atoms with Crippen LogP contribution in [0.3, 0.4) is 0 Å². The van der Waals surface area contributed by atoms with Crippen molar-refractivity contribution in [1.82, 2.24) is 15.1 Å². The van der Waals surface area contributed by atoms with E-state index in [2.05, 4.69) is 15.1 Å². The van der Waals surface area contributed by atoms with Gasteiger partial charge >= 0.3 is 0 Å². The van der Waals surface area contributed by atoms with Crippen LogP contribution in [0.1, 0.15) is 51.4 Å². The molecule has 0 radical (unpaired) electrons. The summed E-state index contributed by atoms with van der Waals surface area (Å²) in [5.74, 6) is 1.33. The first kappa shape index (κ1) is 18.0. The van der Waals surface area contributed by atoms with Crippen molar-refractivity contribution < 1.29 is 4.79 Å². The highest BCUT2D eigenvalue weighted by Gasteiger charge is 2.26. The van der Waals surface area contributed by atoms with Crippen molar-refractivity contribution in [3.8, 4) is 0 Å². The lowest BCUT2D eigenvalue weighted by Gasteiger charge is -2.33. The Bertz CT molecular complexity index is 333. The van der Waals surface area contributed by atoms with Crippen molar-refractivity contribution in [2.75, 3.05) is 39.3 Å². The number of carbonyl (C=O) groups excluding carboxylic acids is 1. The maximum Gasteiger partial charge on any atom is 0.236 e. The lowest BCUT2D eigenvalue weighted by atomic mass is 10.0. The van der Waals surface area contributed by atoms with Gasteiger partial charge in [-0.15, -0.1) is 12.4 Å². The lowest BCUT2D eigenvalue weighted by Crippen LogP contribution is -2.47. The van der Waals surface area contributed by atoms with E-state index in [-0.39, 0.29) is 12.4 Å². The molecular formula is C17H32ClN3O. The number of nitrogens with one attached hydrogen (secondary N) is 1. The van der Waals surface area contributed by atoms with Crippen LogP contribution in [0.4, 0.5) is 0 Å². The molecule has 0 aromatic rings. The van der Waals surface area contributed by atoms with E-state index in [0.29, 0.717) is 18.5 Å². The summed E-state index contributed by atoms with van der Waals surface area (Å²) in [7, 11) is 0. The molecule has 2 saturated heterocycles. The van der Waals surface area contributed by atoms with Crippen molar-refractivity contribution in [3.05, 3.63) is 0 Å². The van der Waals surface area contributed by atoms with Gasteiger partial charge in [0, 0.05) is 32.2 Å². The van der Waals surface area contributed by atoms with E-state index in [4.69, 9.17) is 0 Å². The van der Waals surface area contributed by atoms with Crippen LogP contribution in [-0.2, 0) is 4.79 Å². The Morgan fingerprint density at radius 3 is 2.14 bits per heavy atom. The molecule has 2 heterocycles. The highest BCUT2D eigenvalue weighted by Crippen LogP contribution is 2.28. The number of hydrogen-bond acceptors (Lipinski definition) is 3. The fourth-order valence-electron chi connectivity index (χ4n) is 3.56. The maximum absolute atomic E-state index is 12.4. The number of hydrogen-bond donors (Lipinski definition) is 1. The molecule has 0 unspecified atom stereocenters. The van der Waals surface area contributed by atoms with Crippen LogP contribution in [0.25, 0.3) is 0 Å². The summed E-state index contributed by atoms with van der Waals surface area (Å²) in [5.41, 5.74) is 0. The number of rotatable bonds is 5. The van der Waals surface area contributed by atoms with Crippen LogP contribution in [0.5, 0.6) is 0 Å². The summed E-state index contributed by atoms with van der Waals surface area (Å²) in [6, 6.07) is 0.690. The summed E-state index contributed by atoms with van der Waals surface area (Å²) < 4.78 is 0. The predicted molar refractivity (Wildman–Crippen MR) is 92.5 cm³/mol. The van der Waals surface area contributed by atoms with Crippen LogP contribution in [0.15, 0.2) is 0 Å². The quantitative estimate of drug-likeness (QED) is 0.840. The molecule has 2 aliphatic heterocycles. The lowest BCUT2D eigenvalue weighted by molar-refractivity contribution is -0.132. The number of halogens is 1. The third-order valence-corrected chi connectivity index (χ3v) is 5.30. The third kappa shape index (κ3) is 5.71. The summed E-state index contributed by atoms with van der Waals surface area (Å²) in [6.45, 7) is 6.01. The molecule has 3 fully saturated rings. The Kier molecular flexibility index (Phi) is 7.45. The van der Waals surface area contributed by atoms with Crippen LogP contribution in [0, 0.1) is 5.92 Å². The second-order valence-corrected chi connectivity index (χ2v) is 7.20. The molecule has 0 bridgehead atoms. The molecule has 3 aliphatic rings. The zero-order valence-electron chi connectivity index (χ0n) is 13.8. The van der Waals surface area contributed by atoms with E-state index in [1.807, 2.05) is 0 Å². The molecule has 0 aromatic carbocycles. The molecule has 0 spiro atoms. The largest absolute Gasteiger partial charge is 0.342 e. The van der Waals surface area contributed by atoms with Gasteiger partial charge in [-0.1, -0.05) is 12.8 Å². The molecule has 1 amide bonds. The van der Waals surface area contributed by atoms with Gasteiger partial charge in [0.1, 0.15) is 0 Å². The van der Waals surface area contributed by atoms with Gasteiger partial charge in [0.2, 0.25) is 5.91 Å². The van der Waals surface area contributed by atoms with Gasteiger partial charge < -0.3 is 10.2 Å². The minimum absolute atomic E-state index is 0. The zero-order chi connectivity index (χ0) is 14.5. The fraction of sp³-hybridized carbons (Fsp3) is 0.941. The standard InChI is InChI=1S/C17H31N3O.ClH/c21-17(20-9-3-1-2-4-10-20)14-19-11-7-16(8-12-19)18-13-15-5-6-15;/h15-16,18H,1-14H2;1H. The third-order valence-electron chi connectivity index (χ3n) is 5.30. The van der Waals surface area contributed by atoms with Crippen molar-refractivity contribution in [2.45, 2.75) is 57.4 Å². The molecule has 5 heteroatoms. The summed E-state index contributed by atoms with van der Waals surface area (Å²) in [6.07, 6.45) is 10.2. The van der Waals surface area contributed by atoms with Gasteiger partial charge in [-0.2, -0.15) is 0 Å². The van der Waals surface area contributed by atoms with E-state index in [9.17, 15) is 4.79 Å². The molecule has 0 aromatic heterocycles. The predicted octanol–water partition coefficient (Wildman–Crippen LogP) is 2.27.